The summed E-state index contributed by atoms with van der Waals surface area (Å²) in [6, 6.07) is 14.6. The molecule has 0 bridgehead atoms. The molecule has 1 aliphatic carbocycles. The summed E-state index contributed by atoms with van der Waals surface area (Å²) in [4.78, 5) is 24.9. The Hall–Kier alpha value is -3.20. The van der Waals surface area contributed by atoms with Crippen molar-refractivity contribution in [3.63, 3.8) is 0 Å². The summed E-state index contributed by atoms with van der Waals surface area (Å²) < 4.78 is 12.9. The molecule has 0 heterocycles. The fourth-order valence-electron chi connectivity index (χ4n) is 2.70. The van der Waals surface area contributed by atoms with Gasteiger partial charge in [0.15, 0.2) is 0 Å². The number of hydrogen-bond acceptors (Lipinski definition) is 3. The Morgan fingerprint density at radius 3 is 2.27 bits per heavy atom. The summed E-state index contributed by atoms with van der Waals surface area (Å²) in [7, 11) is 0. The van der Waals surface area contributed by atoms with Gasteiger partial charge < -0.3 is 10.6 Å². The predicted molar refractivity (Wildman–Crippen MR) is 94.6 cm³/mol. The van der Waals surface area contributed by atoms with E-state index in [1.807, 2.05) is 6.07 Å². The van der Waals surface area contributed by atoms with Crippen molar-refractivity contribution in [1.82, 2.24) is 5.32 Å². The fraction of sp³-hybridized carbons (Fsp3) is 0.250. The lowest BCUT2D eigenvalue weighted by molar-refractivity contribution is -0.134. The molecular weight excluding hydrogens is 333 g/mol. The van der Waals surface area contributed by atoms with Crippen molar-refractivity contribution in [3.8, 4) is 6.07 Å². The van der Waals surface area contributed by atoms with Gasteiger partial charge in [-0.3, -0.25) is 9.59 Å². The Morgan fingerprint density at radius 1 is 1.04 bits per heavy atom. The van der Waals surface area contributed by atoms with E-state index in [-0.39, 0.29) is 17.6 Å². The maximum absolute atomic E-state index is 12.9. The fourth-order valence-corrected chi connectivity index (χ4v) is 2.70. The SMILES string of the molecule is N#Cc1ccc(NC(=O)C2(C(=O)NCCc3ccc(F)cc3)CC2)cc1. The van der Waals surface area contributed by atoms with Crippen molar-refractivity contribution in [2.75, 3.05) is 11.9 Å². The van der Waals surface area contributed by atoms with Crippen LogP contribution < -0.4 is 10.6 Å². The van der Waals surface area contributed by atoms with Crippen molar-refractivity contribution in [2.24, 2.45) is 5.41 Å². The highest BCUT2D eigenvalue weighted by Crippen LogP contribution is 2.46. The molecule has 2 aromatic carbocycles. The number of carbonyl (C=O) groups excluding carboxylic acids is 2. The molecule has 0 unspecified atom stereocenters. The number of halogens is 1. The first kappa shape index (κ1) is 17.6. The summed E-state index contributed by atoms with van der Waals surface area (Å²) in [6.45, 7) is 0.385. The molecule has 1 aliphatic rings. The topological polar surface area (TPSA) is 82.0 Å². The molecular formula is C20H18FN3O2. The zero-order valence-electron chi connectivity index (χ0n) is 14.1. The summed E-state index contributed by atoms with van der Waals surface area (Å²) in [5.41, 5.74) is 0.956. The summed E-state index contributed by atoms with van der Waals surface area (Å²) in [5, 5.41) is 14.3. The molecule has 0 aliphatic heterocycles. The minimum Gasteiger partial charge on any atom is -0.355 e. The third-order valence-electron chi connectivity index (χ3n) is 4.50. The first-order valence-corrected chi connectivity index (χ1v) is 8.38. The molecule has 0 atom stereocenters. The number of nitrogens with zero attached hydrogens (tertiary/aromatic N) is 1. The molecule has 2 N–H and O–H groups in total. The highest BCUT2D eigenvalue weighted by Gasteiger charge is 2.56. The van der Waals surface area contributed by atoms with E-state index in [4.69, 9.17) is 5.26 Å². The summed E-state index contributed by atoms with van der Waals surface area (Å²) >= 11 is 0. The second-order valence-electron chi connectivity index (χ2n) is 6.36. The molecule has 132 valence electrons. The molecule has 2 aromatic rings. The molecule has 2 amide bonds. The Morgan fingerprint density at radius 2 is 1.69 bits per heavy atom. The van der Waals surface area contributed by atoms with Crippen LogP contribution in [0.3, 0.4) is 0 Å². The van der Waals surface area contributed by atoms with Crippen molar-refractivity contribution >= 4 is 17.5 Å². The summed E-state index contributed by atoms with van der Waals surface area (Å²) in [5.74, 6) is -0.915. The van der Waals surface area contributed by atoms with E-state index in [0.29, 0.717) is 37.1 Å². The lowest BCUT2D eigenvalue weighted by atomic mass is 10.0. The average molecular weight is 351 g/mol. The molecule has 0 aromatic heterocycles. The van der Waals surface area contributed by atoms with Crippen molar-refractivity contribution in [3.05, 3.63) is 65.5 Å². The minimum absolute atomic E-state index is 0.286. The predicted octanol–water partition coefficient (Wildman–Crippen LogP) is 2.77. The second kappa shape index (κ2) is 7.36. The van der Waals surface area contributed by atoms with E-state index < -0.39 is 5.41 Å². The lowest BCUT2D eigenvalue weighted by Gasteiger charge is -2.15. The lowest BCUT2D eigenvalue weighted by Crippen LogP contribution is -2.40. The minimum atomic E-state index is -1.02. The molecule has 5 nitrogen and oxygen atoms in total. The van der Waals surface area contributed by atoms with Crippen LogP contribution in [-0.4, -0.2) is 18.4 Å². The normalized spacial score (nSPS) is 14.2. The number of anilines is 1. The molecule has 3 rings (SSSR count). The van der Waals surface area contributed by atoms with E-state index in [0.717, 1.165) is 5.56 Å². The standard InChI is InChI=1S/C20H18FN3O2/c21-16-5-1-14(2-6-16)9-12-23-18(25)20(10-11-20)19(26)24-17-7-3-15(13-22)4-8-17/h1-8H,9-12H2,(H,23,25)(H,24,26). The molecule has 1 saturated carbocycles. The monoisotopic (exact) mass is 351 g/mol. The Kier molecular flexibility index (Phi) is 4.99. The van der Waals surface area contributed by atoms with Gasteiger partial charge in [0.2, 0.25) is 11.8 Å². The molecule has 1 fully saturated rings. The van der Waals surface area contributed by atoms with Crippen molar-refractivity contribution in [2.45, 2.75) is 19.3 Å². The van der Waals surface area contributed by atoms with Crippen LogP contribution in [0.25, 0.3) is 0 Å². The van der Waals surface area contributed by atoms with E-state index in [1.165, 1.54) is 12.1 Å². The number of amides is 2. The number of carbonyl (C=O) groups is 2. The maximum Gasteiger partial charge on any atom is 0.240 e. The van der Waals surface area contributed by atoms with Gasteiger partial charge in [-0.2, -0.15) is 5.26 Å². The Labute approximate surface area is 150 Å². The van der Waals surface area contributed by atoms with E-state index in [2.05, 4.69) is 10.6 Å². The zero-order valence-corrected chi connectivity index (χ0v) is 14.1. The number of nitriles is 1. The highest BCUT2D eigenvalue weighted by atomic mass is 19.1. The molecule has 26 heavy (non-hydrogen) atoms. The van der Waals surface area contributed by atoms with Gasteiger partial charge in [-0.05, 0) is 61.2 Å². The highest BCUT2D eigenvalue weighted by molar-refractivity contribution is 6.13. The van der Waals surface area contributed by atoms with Gasteiger partial charge >= 0.3 is 0 Å². The number of rotatable bonds is 6. The van der Waals surface area contributed by atoms with E-state index >= 15 is 0 Å². The van der Waals surface area contributed by atoms with Crippen LogP contribution >= 0.6 is 0 Å². The van der Waals surface area contributed by atoms with Gasteiger partial charge in [0.05, 0.1) is 11.6 Å². The first-order valence-electron chi connectivity index (χ1n) is 8.38. The van der Waals surface area contributed by atoms with Crippen molar-refractivity contribution in [1.29, 1.82) is 5.26 Å². The quantitative estimate of drug-likeness (QED) is 0.785. The second-order valence-corrected chi connectivity index (χ2v) is 6.36. The smallest absolute Gasteiger partial charge is 0.240 e. The van der Waals surface area contributed by atoms with E-state index in [1.54, 1.807) is 36.4 Å². The maximum atomic E-state index is 12.9. The molecule has 6 heteroatoms. The Balaban J connectivity index is 1.53. The van der Waals surface area contributed by atoms with Crippen molar-refractivity contribution < 1.29 is 14.0 Å². The third-order valence-corrected chi connectivity index (χ3v) is 4.50. The molecule has 0 radical (unpaired) electrons. The van der Waals surface area contributed by atoms with Crippen LogP contribution in [0, 0.1) is 22.6 Å². The summed E-state index contributed by atoms with van der Waals surface area (Å²) in [6.07, 6.45) is 1.59. The van der Waals surface area contributed by atoms with E-state index in [9.17, 15) is 14.0 Å². The number of hydrogen-bond donors (Lipinski definition) is 2. The van der Waals surface area contributed by atoms with Gasteiger partial charge in [0.1, 0.15) is 11.2 Å². The Bertz CT molecular complexity index is 850. The molecule has 0 saturated heterocycles. The van der Waals surface area contributed by atoms with Crippen LogP contribution in [0.1, 0.15) is 24.0 Å². The first-order chi connectivity index (χ1) is 12.5. The van der Waals surface area contributed by atoms with Gasteiger partial charge in [-0.1, -0.05) is 12.1 Å². The number of nitrogens with one attached hydrogen (secondary N) is 2. The number of benzene rings is 2. The molecule has 0 spiro atoms. The zero-order chi connectivity index (χ0) is 18.6. The van der Waals surface area contributed by atoms with Gasteiger partial charge in [0, 0.05) is 12.2 Å². The van der Waals surface area contributed by atoms with Gasteiger partial charge in [-0.15, -0.1) is 0 Å². The third kappa shape index (κ3) is 3.89. The van der Waals surface area contributed by atoms with Crippen LogP contribution in [-0.2, 0) is 16.0 Å². The van der Waals surface area contributed by atoms with Crippen LogP contribution in [0.5, 0.6) is 0 Å². The van der Waals surface area contributed by atoms with Crippen LogP contribution in [0.4, 0.5) is 10.1 Å². The van der Waals surface area contributed by atoms with Gasteiger partial charge in [-0.25, -0.2) is 4.39 Å². The van der Waals surface area contributed by atoms with Crippen LogP contribution in [0.2, 0.25) is 0 Å². The average Bonchev–Trinajstić information content (AvgIpc) is 3.46. The van der Waals surface area contributed by atoms with Gasteiger partial charge in [0.25, 0.3) is 0 Å². The largest absolute Gasteiger partial charge is 0.355 e. The van der Waals surface area contributed by atoms with Crippen LogP contribution in [0.15, 0.2) is 48.5 Å².